The summed E-state index contributed by atoms with van der Waals surface area (Å²) in [7, 11) is -1.45. The second-order valence-electron chi connectivity index (χ2n) is 7.00. The molecule has 0 aliphatic heterocycles. The van der Waals surface area contributed by atoms with Crippen LogP contribution in [0.25, 0.3) is 0 Å². The number of phosphoric acid groups is 1. The molecule has 1 N–H and O–H groups in total. The molecule has 0 bridgehead atoms. The Morgan fingerprint density at radius 1 is 1.00 bits per heavy atom. The van der Waals surface area contributed by atoms with E-state index in [9.17, 15) is 4.57 Å². The lowest BCUT2D eigenvalue weighted by Crippen LogP contribution is -2.23. The molecule has 22 heavy (non-hydrogen) atoms. The molecule has 0 atom stereocenters. The Bertz CT molecular complexity index is 522. The summed E-state index contributed by atoms with van der Waals surface area (Å²) in [6.07, 6.45) is 0. The zero-order chi connectivity index (χ0) is 17.8. The minimum Gasteiger partial charge on any atom is -0.303 e. The van der Waals surface area contributed by atoms with E-state index in [4.69, 9.17) is 4.89 Å². The second kappa shape index (κ2) is 8.25. The van der Waals surface area contributed by atoms with Gasteiger partial charge in [-0.25, -0.2) is 4.57 Å². The van der Waals surface area contributed by atoms with Crippen molar-refractivity contribution >= 4 is 30.4 Å². The standard InChI is InChI=1S/C14H21I.C2H7O4P/c1-13(2,3)10-8-7-9-11(15)12(10)14(4,5)6;1-5-7(3,4)6-2/h7-9H,1-6H3;1-2H3,(H,3,4). The van der Waals surface area contributed by atoms with Gasteiger partial charge in [-0.15, -0.1) is 0 Å². The molecule has 0 unspecified atom stereocenters. The summed E-state index contributed by atoms with van der Waals surface area (Å²) in [5.41, 5.74) is 3.42. The van der Waals surface area contributed by atoms with Crippen molar-refractivity contribution in [3.63, 3.8) is 0 Å². The molecule has 0 spiro atoms. The number of benzene rings is 1. The monoisotopic (exact) mass is 442 g/mol. The van der Waals surface area contributed by atoms with Crippen LogP contribution in [0.1, 0.15) is 52.7 Å². The molecule has 0 aliphatic rings. The Morgan fingerprint density at radius 2 is 1.45 bits per heavy atom. The molecule has 0 heterocycles. The molecule has 1 aromatic carbocycles. The Labute approximate surface area is 148 Å². The van der Waals surface area contributed by atoms with Crippen molar-refractivity contribution in [1.29, 1.82) is 0 Å². The fraction of sp³-hybridized carbons (Fsp3) is 0.625. The zero-order valence-corrected chi connectivity index (χ0v) is 17.8. The molecule has 1 rings (SSSR count). The first-order chi connectivity index (χ1) is 9.76. The first-order valence-electron chi connectivity index (χ1n) is 7.00. The van der Waals surface area contributed by atoms with Gasteiger partial charge >= 0.3 is 7.82 Å². The van der Waals surface area contributed by atoms with Crippen LogP contribution in [-0.2, 0) is 24.4 Å². The van der Waals surface area contributed by atoms with Crippen molar-refractivity contribution in [2.45, 2.75) is 52.4 Å². The molecule has 0 fully saturated rings. The fourth-order valence-corrected chi connectivity index (χ4v) is 3.44. The van der Waals surface area contributed by atoms with Crippen molar-refractivity contribution in [2.75, 3.05) is 14.2 Å². The summed E-state index contributed by atoms with van der Waals surface area (Å²) in [6, 6.07) is 6.64. The van der Waals surface area contributed by atoms with Crippen LogP contribution in [0.5, 0.6) is 0 Å². The van der Waals surface area contributed by atoms with Gasteiger partial charge in [-0.1, -0.05) is 53.7 Å². The normalized spacial score (nSPS) is 12.6. The van der Waals surface area contributed by atoms with Gasteiger partial charge in [0.05, 0.1) is 0 Å². The van der Waals surface area contributed by atoms with Crippen molar-refractivity contribution in [3.8, 4) is 0 Å². The number of hydrogen-bond donors (Lipinski definition) is 1. The highest BCUT2D eigenvalue weighted by atomic mass is 127. The van der Waals surface area contributed by atoms with Crippen LogP contribution in [-0.4, -0.2) is 19.1 Å². The van der Waals surface area contributed by atoms with Crippen LogP contribution >= 0.6 is 30.4 Å². The fourth-order valence-electron chi connectivity index (χ4n) is 1.99. The summed E-state index contributed by atoms with van der Waals surface area (Å²) in [4.78, 5) is 8.24. The summed E-state index contributed by atoms with van der Waals surface area (Å²) in [6.45, 7) is 13.7. The highest BCUT2D eigenvalue weighted by Gasteiger charge is 2.26. The first kappa shape index (κ1) is 22.1. The third-order valence-corrected chi connectivity index (χ3v) is 4.85. The Kier molecular flexibility index (Phi) is 8.27. The molecule has 0 aromatic heterocycles. The summed E-state index contributed by atoms with van der Waals surface area (Å²) in [5, 5.41) is 0. The van der Waals surface area contributed by atoms with Gasteiger partial charge in [-0.05, 0) is 50.6 Å². The summed E-state index contributed by atoms with van der Waals surface area (Å²) < 4.78 is 19.4. The van der Waals surface area contributed by atoms with Gasteiger partial charge in [0.15, 0.2) is 0 Å². The van der Waals surface area contributed by atoms with E-state index in [1.165, 1.54) is 14.7 Å². The molecular formula is C16H28IO4P. The molecule has 0 amide bonds. The molecular weight excluding hydrogens is 414 g/mol. The van der Waals surface area contributed by atoms with E-state index in [0.29, 0.717) is 0 Å². The van der Waals surface area contributed by atoms with Crippen molar-refractivity contribution in [3.05, 3.63) is 32.9 Å². The van der Waals surface area contributed by atoms with Gasteiger partial charge in [-0.3, -0.25) is 9.05 Å². The predicted molar refractivity (Wildman–Crippen MR) is 100 cm³/mol. The quantitative estimate of drug-likeness (QED) is 0.501. The van der Waals surface area contributed by atoms with E-state index < -0.39 is 7.82 Å². The lowest BCUT2D eigenvalue weighted by Gasteiger charge is -2.31. The summed E-state index contributed by atoms with van der Waals surface area (Å²) in [5.74, 6) is 0. The smallest absolute Gasteiger partial charge is 0.303 e. The molecule has 0 saturated heterocycles. The lowest BCUT2D eigenvalue weighted by atomic mass is 9.75. The van der Waals surface area contributed by atoms with Gasteiger partial charge in [0.1, 0.15) is 0 Å². The van der Waals surface area contributed by atoms with Crippen LogP contribution in [0.3, 0.4) is 0 Å². The van der Waals surface area contributed by atoms with Crippen LogP contribution in [0, 0.1) is 3.57 Å². The SMILES string of the molecule is CC(C)(C)c1cccc(I)c1C(C)(C)C.COP(=O)(O)OC. The highest BCUT2D eigenvalue weighted by molar-refractivity contribution is 14.1. The largest absolute Gasteiger partial charge is 0.471 e. The van der Waals surface area contributed by atoms with Gasteiger partial charge in [0.2, 0.25) is 0 Å². The van der Waals surface area contributed by atoms with Gasteiger partial charge in [0, 0.05) is 17.8 Å². The van der Waals surface area contributed by atoms with E-state index in [1.54, 1.807) is 0 Å². The Balaban J connectivity index is 0.000000534. The topological polar surface area (TPSA) is 55.8 Å². The average molecular weight is 442 g/mol. The number of rotatable bonds is 2. The van der Waals surface area contributed by atoms with Crippen LogP contribution in [0.4, 0.5) is 0 Å². The second-order valence-corrected chi connectivity index (χ2v) is 9.83. The summed E-state index contributed by atoms with van der Waals surface area (Å²) >= 11 is 2.45. The van der Waals surface area contributed by atoms with Crippen molar-refractivity contribution in [1.82, 2.24) is 0 Å². The van der Waals surface area contributed by atoms with Crippen LogP contribution < -0.4 is 0 Å². The van der Waals surface area contributed by atoms with E-state index in [-0.39, 0.29) is 10.8 Å². The molecule has 0 radical (unpaired) electrons. The molecule has 0 aliphatic carbocycles. The van der Waals surface area contributed by atoms with Crippen LogP contribution in [0.15, 0.2) is 18.2 Å². The van der Waals surface area contributed by atoms with Crippen molar-refractivity contribution in [2.24, 2.45) is 0 Å². The Morgan fingerprint density at radius 3 is 1.68 bits per heavy atom. The molecule has 4 nitrogen and oxygen atoms in total. The maximum absolute atomic E-state index is 10.1. The highest BCUT2D eigenvalue weighted by Crippen LogP contribution is 2.40. The van der Waals surface area contributed by atoms with E-state index in [2.05, 4.69) is 91.4 Å². The first-order valence-corrected chi connectivity index (χ1v) is 9.57. The minimum atomic E-state index is -3.65. The third kappa shape index (κ3) is 7.09. The zero-order valence-electron chi connectivity index (χ0n) is 14.7. The number of phosphoric ester groups is 1. The van der Waals surface area contributed by atoms with E-state index >= 15 is 0 Å². The van der Waals surface area contributed by atoms with Crippen LogP contribution in [0.2, 0.25) is 0 Å². The number of halogens is 1. The van der Waals surface area contributed by atoms with Crippen molar-refractivity contribution < 1.29 is 18.5 Å². The molecule has 1 aromatic rings. The van der Waals surface area contributed by atoms with E-state index in [0.717, 1.165) is 14.2 Å². The molecule has 128 valence electrons. The Hall–Kier alpha value is 0.0600. The minimum absolute atomic E-state index is 0.223. The van der Waals surface area contributed by atoms with Gasteiger partial charge in [-0.2, -0.15) is 0 Å². The van der Waals surface area contributed by atoms with E-state index in [1.807, 2.05) is 0 Å². The van der Waals surface area contributed by atoms with Gasteiger partial charge in [0.25, 0.3) is 0 Å². The lowest BCUT2D eigenvalue weighted by molar-refractivity contribution is 0.204. The third-order valence-electron chi connectivity index (χ3n) is 3.03. The van der Waals surface area contributed by atoms with Gasteiger partial charge < -0.3 is 4.89 Å². The maximum atomic E-state index is 10.1. The maximum Gasteiger partial charge on any atom is 0.471 e. The average Bonchev–Trinajstić information content (AvgIpc) is 2.36. The number of hydrogen-bond acceptors (Lipinski definition) is 3. The predicted octanol–water partition coefficient (Wildman–Crippen LogP) is 5.27. The molecule has 6 heteroatoms. The molecule has 0 saturated carbocycles.